The topological polar surface area (TPSA) is 50.9 Å². The van der Waals surface area contributed by atoms with E-state index in [1.54, 1.807) is 84.2 Å². The molecular weight excluding hydrogens is 779 g/mol. The lowest BCUT2D eigenvalue weighted by Crippen LogP contribution is -2.11. The lowest BCUT2D eigenvalue weighted by Gasteiger charge is -2.22. The van der Waals surface area contributed by atoms with Gasteiger partial charge in [0, 0.05) is 26.9 Å². The van der Waals surface area contributed by atoms with Gasteiger partial charge in [0.05, 0.1) is 28.0 Å². The van der Waals surface area contributed by atoms with Gasteiger partial charge < -0.3 is 5.11 Å². The maximum Gasteiger partial charge on any atom is 0.149 e. The summed E-state index contributed by atoms with van der Waals surface area (Å²) in [6.07, 6.45) is 1.84. The van der Waals surface area contributed by atoms with Crippen molar-refractivity contribution >= 4 is 11.0 Å². The molecule has 8 rings (SSSR count). The minimum Gasteiger partial charge on any atom is -0.507 e. The fraction of sp³-hybridized carbons (Fsp3) is 0.300. The molecule has 4 nitrogen and oxygen atoms in total. The predicted molar refractivity (Wildman–Crippen MR) is 272 cm³/mol. The zero-order chi connectivity index (χ0) is 52.0. The molecule has 0 amide bonds. The third kappa shape index (κ3) is 8.43. The van der Waals surface area contributed by atoms with Gasteiger partial charge in [-0.2, -0.15) is 0 Å². The number of aryl methyl sites for hydroxylation is 2. The Labute approximate surface area is 392 Å². The highest BCUT2D eigenvalue weighted by atomic mass is 16.3. The van der Waals surface area contributed by atoms with Gasteiger partial charge in [-0.15, -0.1) is 0 Å². The summed E-state index contributed by atoms with van der Waals surface area (Å²) in [4.78, 5) is 10.3. The first kappa shape index (κ1) is 36.1. The zero-order valence-corrected chi connectivity index (χ0v) is 39.4. The third-order valence-electron chi connectivity index (χ3n) is 12.4. The Bertz CT molecular complexity index is 3300. The average Bonchev–Trinajstić information content (AvgIpc) is 3.66. The lowest BCUT2D eigenvalue weighted by atomic mass is 9.83. The van der Waals surface area contributed by atoms with Crippen molar-refractivity contribution in [3.05, 3.63) is 166 Å². The maximum absolute atomic E-state index is 12.4. The standard InChI is InChI=1S/C60H65N3O/c1-35(2)44-32-51(38(7)8)58(64)52(33-44)59-62-57-50(45-29-46(31-47(30-45)60(11,12)13)53-34-42(26-27-61-53)41-22-20-39(9)21-23-41)18-15-19-55(57)63(59)54-25-24-43(28-40(54)10)56-48(36(3)4)16-14-17-49(56)37(5)6/h14-38,64H,1-13H3/i10D3,35D,36D,37D,38D. The fourth-order valence-corrected chi connectivity index (χ4v) is 8.69. The van der Waals surface area contributed by atoms with E-state index in [2.05, 4.69) is 76.2 Å². The van der Waals surface area contributed by atoms with E-state index >= 15 is 0 Å². The Morgan fingerprint density at radius 2 is 1.27 bits per heavy atom. The fourth-order valence-electron chi connectivity index (χ4n) is 8.69. The maximum atomic E-state index is 12.4. The van der Waals surface area contributed by atoms with Gasteiger partial charge in [-0.1, -0.05) is 155 Å². The largest absolute Gasteiger partial charge is 0.507 e. The molecule has 0 saturated carbocycles. The number of hydrogen-bond donors (Lipinski definition) is 1. The van der Waals surface area contributed by atoms with Crippen LogP contribution in [0, 0.1) is 13.8 Å². The molecule has 0 unspecified atom stereocenters. The molecule has 1 N–H and O–H groups in total. The van der Waals surface area contributed by atoms with E-state index in [9.17, 15) is 6.48 Å². The number of fused-ring (bicyclic) bond motifs is 1. The Morgan fingerprint density at radius 1 is 0.609 bits per heavy atom. The molecule has 2 aromatic heterocycles. The van der Waals surface area contributed by atoms with E-state index in [0.717, 1.165) is 39.1 Å². The number of para-hydroxylation sites is 1. The SMILES string of the molecule is [2H]C([2H])([2H])c1cc(-c2c(C([2H])(C)C)cccc2C([2H])(C)C)ccc1-n1c(-c2cc(C([2H])(C)C)cc(C([2H])(C)C)c2O)nc2c(-c3cc(-c4cc(-c5ccc(C)cc5)ccn4)cc(C(C)(C)C)c3)cccc21. The Morgan fingerprint density at radius 3 is 1.91 bits per heavy atom. The molecule has 0 aliphatic heterocycles. The van der Waals surface area contributed by atoms with Crippen molar-refractivity contribution in [1.82, 2.24) is 14.5 Å². The van der Waals surface area contributed by atoms with Crippen molar-refractivity contribution in [2.75, 3.05) is 0 Å². The monoisotopic (exact) mass is 851 g/mol. The van der Waals surface area contributed by atoms with E-state index in [4.69, 9.17) is 18.2 Å². The van der Waals surface area contributed by atoms with E-state index in [-0.39, 0.29) is 28.1 Å². The second-order valence-electron chi connectivity index (χ2n) is 19.2. The van der Waals surface area contributed by atoms with Crippen LogP contribution in [-0.2, 0) is 5.41 Å². The van der Waals surface area contributed by atoms with Crippen LogP contribution in [0.15, 0.2) is 128 Å². The van der Waals surface area contributed by atoms with E-state index in [1.807, 2.05) is 54.7 Å². The van der Waals surface area contributed by atoms with Crippen LogP contribution < -0.4 is 0 Å². The normalized spacial score (nSPS) is 14.6. The number of rotatable bonds is 10. The first-order valence-electron chi connectivity index (χ1n) is 25.7. The molecule has 0 aliphatic rings. The summed E-state index contributed by atoms with van der Waals surface area (Å²) in [5, 5.41) is 12.4. The van der Waals surface area contributed by atoms with Crippen LogP contribution in [0.1, 0.15) is 148 Å². The van der Waals surface area contributed by atoms with Crippen molar-refractivity contribution in [3.8, 4) is 67.5 Å². The predicted octanol–water partition coefficient (Wildman–Crippen LogP) is 16.9. The van der Waals surface area contributed by atoms with Gasteiger partial charge in [-0.05, 0) is 152 Å². The molecular formula is C60H65N3O. The molecule has 326 valence electrons. The summed E-state index contributed by atoms with van der Waals surface area (Å²) in [5.74, 6) is -4.55. The molecule has 0 bridgehead atoms. The number of aromatic hydroxyl groups is 1. The van der Waals surface area contributed by atoms with Crippen LogP contribution in [0.2, 0.25) is 0 Å². The summed E-state index contributed by atoms with van der Waals surface area (Å²) in [7, 11) is 0. The van der Waals surface area contributed by atoms with Crippen molar-refractivity contribution in [2.24, 2.45) is 0 Å². The van der Waals surface area contributed by atoms with Gasteiger partial charge in [-0.3, -0.25) is 9.55 Å². The number of pyridine rings is 1. The quantitative estimate of drug-likeness (QED) is 0.149. The molecule has 0 spiro atoms. The summed E-state index contributed by atoms with van der Waals surface area (Å²) < 4.78 is 65.9. The average molecular weight is 851 g/mol. The molecule has 2 heterocycles. The Hall–Kier alpha value is -6.26. The van der Waals surface area contributed by atoms with Gasteiger partial charge in [0.1, 0.15) is 11.6 Å². The summed E-state index contributed by atoms with van der Waals surface area (Å²) >= 11 is 0. The highest BCUT2D eigenvalue weighted by Crippen LogP contribution is 2.45. The van der Waals surface area contributed by atoms with Crippen molar-refractivity contribution in [2.45, 2.75) is 119 Å². The summed E-state index contributed by atoms with van der Waals surface area (Å²) in [6, 6.07) is 39.2. The molecule has 0 fully saturated rings. The van der Waals surface area contributed by atoms with Crippen LogP contribution in [0.3, 0.4) is 0 Å². The minimum atomic E-state index is -2.68. The van der Waals surface area contributed by atoms with Gasteiger partial charge in [0.2, 0.25) is 0 Å². The van der Waals surface area contributed by atoms with Crippen LogP contribution in [0.5, 0.6) is 5.75 Å². The number of imidazole rings is 1. The third-order valence-corrected chi connectivity index (χ3v) is 12.4. The number of phenolic OH excluding ortho intramolecular Hbond substituents is 1. The molecule has 0 atom stereocenters. The van der Waals surface area contributed by atoms with E-state index in [1.165, 1.54) is 5.56 Å². The molecule has 64 heavy (non-hydrogen) atoms. The highest BCUT2D eigenvalue weighted by molar-refractivity contribution is 5.97. The Kier molecular flexibility index (Phi) is 9.80. The second kappa shape index (κ2) is 17.4. The van der Waals surface area contributed by atoms with Crippen LogP contribution in [-0.4, -0.2) is 19.6 Å². The minimum absolute atomic E-state index is 0.00124. The number of aromatic nitrogens is 3. The van der Waals surface area contributed by atoms with Crippen LogP contribution in [0.25, 0.3) is 72.7 Å². The molecule has 0 saturated heterocycles. The first-order valence-corrected chi connectivity index (χ1v) is 22.2. The van der Waals surface area contributed by atoms with Gasteiger partial charge in [0.15, 0.2) is 0 Å². The Balaban J connectivity index is 1.47. The van der Waals surface area contributed by atoms with Crippen molar-refractivity contribution < 1.29 is 14.7 Å². The number of phenols is 1. The number of benzene rings is 6. The molecule has 0 aliphatic carbocycles. The van der Waals surface area contributed by atoms with Gasteiger partial charge >= 0.3 is 0 Å². The summed E-state index contributed by atoms with van der Waals surface area (Å²) in [5.41, 5.74) is 12.5. The van der Waals surface area contributed by atoms with E-state index in [0.29, 0.717) is 50.1 Å². The smallest absolute Gasteiger partial charge is 0.149 e. The van der Waals surface area contributed by atoms with E-state index < -0.39 is 30.4 Å². The number of hydrogen-bond acceptors (Lipinski definition) is 3. The van der Waals surface area contributed by atoms with Crippen molar-refractivity contribution in [3.63, 3.8) is 0 Å². The lowest BCUT2D eigenvalue weighted by molar-refractivity contribution is 0.466. The van der Waals surface area contributed by atoms with Gasteiger partial charge in [-0.25, -0.2) is 4.98 Å². The zero-order valence-electron chi connectivity index (χ0n) is 46.4. The first-order chi connectivity index (χ1) is 32.8. The van der Waals surface area contributed by atoms with Crippen LogP contribution >= 0.6 is 0 Å². The molecule has 6 aromatic carbocycles. The molecule has 4 heteroatoms. The summed E-state index contributed by atoms with van der Waals surface area (Å²) in [6.45, 7) is 19.9. The van der Waals surface area contributed by atoms with Crippen molar-refractivity contribution in [1.29, 1.82) is 0 Å². The highest BCUT2D eigenvalue weighted by Gasteiger charge is 2.26. The molecule has 0 radical (unpaired) electrons. The van der Waals surface area contributed by atoms with Gasteiger partial charge in [0.25, 0.3) is 0 Å². The second-order valence-corrected chi connectivity index (χ2v) is 19.2. The molecule has 8 aromatic rings. The van der Waals surface area contributed by atoms with Crippen LogP contribution in [0.4, 0.5) is 0 Å². The number of nitrogens with zero attached hydrogens (tertiary/aromatic N) is 3.